The molecule has 0 spiro atoms. The summed E-state index contributed by atoms with van der Waals surface area (Å²) in [6, 6.07) is 2.40. The second-order valence-corrected chi connectivity index (χ2v) is 4.35. The molecule has 1 rings (SSSR count). The van der Waals surface area contributed by atoms with Gasteiger partial charge in [0, 0.05) is 32.1 Å². The summed E-state index contributed by atoms with van der Waals surface area (Å²) in [5.74, 6) is 2.60. The first-order valence-corrected chi connectivity index (χ1v) is 6.02. The highest BCUT2D eigenvalue weighted by molar-refractivity contribution is 5.47. The molecule has 0 aliphatic rings. The standard InChI is InChI=1S/C12H23N5/c1-6-10-15-11(13-3)7-12(16-10)14-8-9(2)17(4)5/h7,9H,6,8H2,1-5H3,(H2,13,14,15,16). The van der Waals surface area contributed by atoms with Crippen LogP contribution in [0, 0.1) is 0 Å². The van der Waals surface area contributed by atoms with Gasteiger partial charge in [0.15, 0.2) is 0 Å². The molecule has 96 valence electrons. The van der Waals surface area contributed by atoms with Crippen molar-refractivity contribution < 1.29 is 0 Å². The van der Waals surface area contributed by atoms with Crippen molar-refractivity contribution in [3.63, 3.8) is 0 Å². The van der Waals surface area contributed by atoms with Crippen LogP contribution in [0.5, 0.6) is 0 Å². The molecule has 1 aromatic rings. The predicted octanol–water partition coefficient (Wildman–Crippen LogP) is 1.44. The van der Waals surface area contributed by atoms with Gasteiger partial charge < -0.3 is 15.5 Å². The molecule has 1 atom stereocenters. The van der Waals surface area contributed by atoms with Crippen LogP contribution in [0.1, 0.15) is 19.7 Å². The molecule has 1 unspecified atom stereocenters. The van der Waals surface area contributed by atoms with Crippen molar-refractivity contribution in [1.82, 2.24) is 14.9 Å². The smallest absolute Gasteiger partial charge is 0.132 e. The van der Waals surface area contributed by atoms with E-state index < -0.39 is 0 Å². The Kier molecular flexibility index (Phi) is 5.15. The Morgan fingerprint density at radius 3 is 2.47 bits per heavy atom. The van der Waals surface area contributed by atoms with Crippen molar-refractivity contribution >= 4 is 11.6 Å². The molecule has 0 saturated heterocycles. The van der Waals surface area contributed by atoms with Crippen molar-refractivity contribution in [1.29, 1.82) is 0 Å². The summed E-state index contributed by atoms with van der Waals surface area (Å²) in [6.07, 6.45) is 0.841. The zero-order valence-corrected chi connectivity index (χ0v) is 11.4. The molecule has 0 bridgehead atoms. The molecule has 0 fully saturated rings. The molecule has 17 heavy (non-hydrogen) atoms. The van der Waals surface area contributed by atoms with Gasteiger partial charge in [-0.05, 0) is 21.0 Å². The molecule has 0 aromatic carbocycles. The number of hydrogen-bond donors (Lipinski definition) is 2. The van der Waals surface area contributed by atoms with Gasteiger partial charge in [0.05, 0.1) is 0 Å². The maximum atomic E-state index is 4.45. The minimum atomic E-state index is 0.466. The topological polar surface area (TPSA) is 53.1 Å². The molecule has 5 nitrogen and oxygen atoms in total. The highest BCUT2D eigenvalue weighted by Gasteiger charge is 2.06. The Morgan fingerprint density at radius 1 is 1.29 bits per heavy atom. The average molecular weight is 237 g/mol. The number of rotatable bonds is 6. The Labute approximate surface area is 104 Å². The van der Waals surface area contributed by atoms with E-state index in [2.05, 4.69) is 53.4 Å². The fourth-order valence-corrected chi connectivity index (χ4v) is 1.31. The van der Waals surface area contributed by atoms with Crippen molar-refractivity contribution in [2.45, 2.75) is 26.3 Å². The Hall–Kier alpha value is -1.36. The summed E-state index contributed by atoms with van der Waals surface area (Å²) in [5, 5.41) is 6.39. The number of anilines is 2. The van der Waals surface area contributed by atoms with Gasteiger partial charge in [-0.3, -0.25) is 0 Å². The zero-order valence-electron chi connectivity index (χ0n) is 11.4. The van der Waals surface area contributed by atoms with Gasteiger partial charge in [0.25, 0.3) is 0 Å². The zero-order chi connectivity index (χ0) is 12.8. The quantitative estimate of drug-likeness (QED) is 0.784. The van der Waals surface area contributed by atoms with Gasteiger partial charge >= 0.3 is 0 Å². The average Bonchev–Trinajstić information content (AvgIpc) is 2.35. The van der Waals surface area contributed by atoms with Gasteiger partial charge in [-0.2, -0.15) is 0 Å². The second kappa shape index (κ2) is 6.39. The Balaban J connectivity index is 2.70. The molecule has 5 heteroatoms. The predicted molar refractivity (Wildman–Crippen MR) is 72.6 cm³/mol. The minimum Gasteiger partial charge on any atom is -0.373 e. The molecule has 0 saturated carbocycles. The van der Waals surface area contributed by atoms with Crippen molar-refractivity contribution in [3.05, 3.63) is 11.9 Å². The van der Waals surface area contributed by atoms with E-state index in [0.29, 0.717) is 6.04 Å². The second-order valence-electron chi connectivity index (χ2n) is 4.35. The van der Waals surface area contributed by atoms with E-state index in [4.69, 9.17) is 0 Å². The van der Waals surface area contributed by atoms with E-state index in [1.807, 2.05) is 13.1 Å². The number of aromatic nitrogens is 2. The van der Waals surface area contributed by atoms with Gasteiger partial charge in [0.2, 0.25) is 0 Å². The molecule has 2 N–H and O–H groups in total. The van der Waals surface area contributed by atoms with Gasteiger partial charge in [-0.25, -0.2) is 9.97 Å². The summed E-state index contributed by atoms with van der Waals surface area (Å²) in [4.78, 5) is 11.0. The summed E-state index contributed by atoms with van der Waals surface area (Å²) in [5.41, 5.74) is 0. The lowest BCUT2D eigenvalue weighted by Gasteiger charge is -2.20. The summed E-state index contributed by atoms with van der Waals surface area (Å²) in [6.45, 7) is 5.10. The molecule has 0 radical (unpaired) electrons. The molecule has 0 aliphatic heterocycles. The number of hydrogen-bond acceptors (Lipinski definition) is 5. The summed E-state index contributed by atoms with van der Waals surface area (Å²) < 4.78 is 0. The Bertz CT molecular complexity index is 328. The van der Waals surface area contributed by atoms with Crippen LogP contribution in [0.3, 0.4) is 0 Å². The van der Waals surface area contributed by atoms with Crippen LogP contribution in [0.15, 0.2) is 6.07 Å². The van der Waals surface area contributed by atoms with Gasteiger partial charge in [-0.15, -0.1) is 0 Å². The third kappa shape index (κ3) is 4.19. The molecular weight excluding hydrogens is 214 g/mol. The lowest BCUT2D eigenvalue weighted by molar-refractivity contribution is 0.326. The number of nitrogens with zero attached hydrogens (tertiary/aromatic N) is 3. The molecular formula is C12H23N5. The van der Waals surface area contributed by atoms with Crippen molar-refractivity contribution in [2.75, 3.05) is 38.3 Å². The van der Waals surface area contributed by atoms with E-state index in [-0.39, 0.29) is 0 Å². The van der Waals surface area contributed by atoms with Gasteiger partial charge in [-0.1, -0.05) is 6.92 Å². The third-order valence-corrected chi connectivity index (χ3v) is 2.80. The molecule has 0 amide bonds. The maximum Gasteiger partial charge on any atom is 0.132 e. The van der Waals surface area contributed by atoms with Crippen molar-refractivity contribution in [3.8, 4) is 0 Å². The lowest BCUT2D eigenvalue weighted by atomic mass is 10.3. The van der Waals surface area contributed by atoms with Crippen LogP contribution < -0.4 is 10.6 Å². The lowest BCUT2D eigenvalue weighted by Crippen LogP contribution is -2.31. The first kappa shape index (κ1) is 13.7. The molecule has 0 aliphatic carbocycles. The summed E-state index contributed by atoms with van der Waals surface area (Å²) in [7, 11) is 6.01. The van der Waals surface area contributed by atoms with E-state index >= 15 is 0 Å². The first-order chi connectivity index (χ1) is 8.06. The number of nitrogens with one attached hydrogen (secondary N) is 2. The van der Waals surface area contributed by atoms with E-state index in [1.165, 1.54) is 0 Å². The van der Waals surface area contributed by atoms with E-state index in [9.17, 15) is 0 Å². The highest BCUT2D eigenvalue weighted by atomic mass is 15.1. The Morgan fingerprint density at radius 2 is 1.94 bits per heavy atom. The molecule has 1 aromatic heterocycles. The van der Waals surface area contributed by atoms with E-state index in [0.717, 1.165) is 30.4 Å². The highest BCUT2D eigenvalue weighted by Crippen LogP contribution is 2.11. The van der Waals surface area contributed by atoms with Crippen LogP contribution >= 0.6 is 0 Å². The molecule has 1 heterocycles. The van der Waals surface area contributed by atoms with Crippen molar-refractivity contribution in [2.24, 2.45) is 0 Å². The normalized spacial score (nSPS) is 12.6. The number of aryl methyl sites for hydroxylation is 1. The SMILES string of the molecule is CCc1nc(NC)cc(NCC(C)N(C)C)n1. The monoisotopic (exact) mass is 237 g/mol. The van der Waals surface area contributed by atoms with Crippen LogP contribution in [-0.4, -0.2) is 48.6 Å². The largest absolute Gasteiger partial charge is 0.373 e. The summed E-state index contributed by atoms with van der Waals surface area (Å²) >= 11 is 0. The van der Waals surface area contributed by atoms with Crippen LogP contribution in [-0.2, 0) is 6.42 Å². The van der Waals surface area contributed by atoms with Crippen LogP contribution in [0.4, 0.5) is 11.6 Å². The van der Waals surface area contributed by atoms with Crippen LogP contribution in [0.2, 0.25) is 0 Å². The minimum absolute atomic E-state index is 0.466. The first-order valence-electron chi connectivity index (χ1n) is 6.02. The third-order valence-electron chi connectivity index (χ3n) is 2.80. The maximum absolute atomic E-state index is 4.45. The van der Waals surface area contributed by atoms with Crippen LogP contribution in [0.25, 0.3) is 0 Å². The number of likely N-dealkylation sites (N-methyl/N-ethyl adjacent to an activating group) is 1. The van der Waals surface area contributed by atoms with E-state index in [1.54, 1.807) is 0 Å². The fourth-order valence-electron chi connectivity index (χ4n) is 1.31. The fraction of sp³-hybridized carbons (Fsp3) is 0.667. The van der Waals surface area contributed by atoms with Gasteiger partial charge in [0.1, 0.15) is 17.5 Å².